The molecular weight excluding hydrogens is 204 g/mol. The van der Waals surface area contributed by atoms with Crippen molar-refractivity contribution in [3.8, 4) is 11.5 Å². The van der Waals surface area contributed by atoms with Crippen molar-refractivity contribution in [3.63, 3.8) is 0 Å². The SMILES string of the molecule is Cc1ccc(-c2cn3ccc(=O)cc3[nH]2)o1. The van der Waals surface area contributed by atoms with Gasteiger partial charge >= 0.3 is 0 Å². The molecule has 3 aromatic rings. The van der Waals surface area contributed by atoms with Crippen LogP contribution in [0.25, 0.3) is 17.1 Å². The molecule has 3 rings (SSSR count). The van der Waals surface area contributed by atoms with Crippen molar-refractivity contribution in [1.82, 2.24) is 9.38 Å². The molecule has 3 aromatic heterocycles. The maximum atomic E-state index is 11.2. The molecule has 0 aliphatic heterocycles. The van der Waals surface area contributed by atoms with Gasteiger partial charge in [0.25, 0.3) is 0 Å². The van der Waals surface area contributed by atoms with E-state index >= 15 is 0 Å². The largest absolute Gasteiger partial charge is 0.460 e. The molecule has 0 atom stereocenters. The summed E-state index contributed by atoms with van der Waals surface area (Å²) in [5.41, 5.74) is 1.61. The zero-order valence-corrected chi connectivity index (χ0v) is 8.73. The Morgan fingerprint density at radius 1 is 1.31 bits per heavy atom. The monoisotopic (exact) mass is 214 g/mol. The summed E-state index contributed by atoms with van der Waals surface area (Å²) in [7, 11) is 0. The number of aryl methyl sites for hydroxylation is 1. The van der Waals surface area contributed by atoms with Crippen LogP contribution in [0.15, 0.2) is 45.9 Å². The van der Waals surface area contributed by atoms with Gasteiger partial charge in [0, 0.05) is 24.5 Å². The molecule has 0 radical (unpaired) electrons. The molecule has 0 spiro atoms. The lowest BCUT2D eigenvalue weighted by Gasteiger charge is -1.88. The predicted octanol–water partition coefficient (Wildman–Crippen LogP) is 2.20. The molecule has 1 N–H and O–H groups in total. The number of fused-ring (bicyclic) bond motifs is 1. The van der Waals surface area contributed by atoms with Crippen LogP contribution < -0.4 is 5.43 Å². The molecule has 0 saturated heterocycles. The molecule has 0 aliphatic carbocycles. The number of pyridine rings is 1. The second-order valence-corrected chi connectivity index (χ2v) is 3.73. The first kappa shape index (κ1) is 9.03. The molecule has 4 nitrogen and oxygen atoms in total. The lowest BCUT2D eigenvalue weighted by Crippen LogP contribution is -1.97. The third kappa shape index (κ3) is 1.35. The van der Waals surface area contributed by atoms with Crippen LogP contribution in [0, 0.1) is 6.92 Å². The van der Waals surface area contributed by atoms with Crippen LogP contribution in [0.1, 0.15) is 5.76 Å². The smallest absolute Gasteiger partial charge is 0.183 e. The average Bonchev–Trinajstić information content (AvgIpc) is 2.83. The quantitative estimate of drug-likeness (QED) is 0.675. The van der Waals surface area contributed by atoms with E-state index in [1.165, 1.54) is 6.07 Å². The number of hydrogen-bond donors (Lipinski definition) is 1. The maximum absolute atomic E-state index is 11.2. The first-order valence-electron chi connectivity index (χ1n) is 5.00. The van der Waals surface area contributed by atoms with Gasteiger partial charge in [-0.15, -0.1) is 0 Å². The minimum atomic E-state index is -0.0102. The Morgan fingerprint density at radius 3 is 2.94 bits per heavy atom. The zero-order valence-electron chi connectivity index (χ0n) is 8.73. The second-order valence-electron chi connectivity index (χ2n) is 3.73. The van der Waals surface area contributed by atoms with E-state index in [9.17, 15) is 4.79 Å². The molecule has 0 amide bonds. The lowest BCUT2D eigenvalue weighted by molar-refractivity contribution is 0.547. The molecule has 4 heteroatoms. The van der Waals surface area contributed by atoms with E-state index in [2.05, 4.69) is 4.98 Å². The summed E-state index contributed by atoms with van der Waals surface area (Å²) in [6.45, 7) is 1.90. The number of aromatic amines is 1. The number of furan rings is 1. The van der Waals surface area contributed by atoms with E-state index < -0.39 is 0 Å². The third-order valence-corrected chi connectivity index (χ3v) is 2.49. The molecule has 0 fully saturated rings. The van der Waals surface area contributed by atoms with E-state index in [-0.39, 0.29) is 5.43 Å². The Kier molecular flexibility index (Phi) is 1.77. The molecule has 0 aromatic carbocycles. The number of H-pyrrole nitrogens is 1. The average molecular weight is 214 g/mol. The van der Waals surface area contributed by atoms with Gasteiger partial charge in [-0.1, -0.05) is 0 Å². The molecular formula is C12H10N2O2. The summed E-state index contributed by atoms with van der Waals surface area (Å²) >= 11 is 0. The molecule has 0 unspecified atom stereocenters. The Hall–Kier alpha value is -2.23. The van der Waals surface area contributed by atoms with Gasteiger partial charge in [-0.25, -0.2) is 0 Å². The summed E-state index contributed by atoms with van der Waals surface area (Å²) in [5, 5.41) is 0. The first-order valence-corrected chi connectivity index (χ1v) is 5.00. The number of aromatic nitrogens is 2. The Balaban J connectivity index is 2.22. The van der Waals surface area contributed by atoms with E-state index in [1.807, 2.05) is 29.7 Å². The van der Waals surface area contributed by atoms with Gasteiger partial charge in [-0.05, 0) is 19.1 Å². The molecule has 0 saturated carbocycles. The van der Waals surface area contributed by atoms with Crippen molar-refractivity contribution in [3.05, 3.63) is 52.6 Å². The van der Waals surface area contributed by atoms with Crippen LogP contribution in [0.4, 0.5) is 0 Å². The fourth-order valence-corrected chi connectivity index (χ4v) is 1.72. The number of hydrogen-bond acceptors (Lipinski definition) is 2. The topological polar surface area (TPSA) is 50.4 Å². The van der Waals surface area contributed by atoms with Gasteiger partial charge in [0.15, 0.2) is 11.2 Å². The van der Waals surface area contributed by atoms with E-state index in [4.69, 9.17) is 4.42 Å². The van der Waals surface area contributed by atoms with Crippen LogP contribution in [-0.2, 0) is 0 Å². The van der Waals surface area contributed by atoms with E-state index in [0.29, 0.717) is 0 Å². The summed E-state index contributed by atoms with van der Waals surface area (Å²) in [6.07, 6.45) is 3.63. The predicted molar refractivity (Wildman–Crippen MR) is 60.5 cm³/mol. The molecule has 0 bridgehead atoms. The Labute approximate surface area is 91.1 Å². The second kappa shape index (κ2) is 3.13. The van der Waals surface area contributed by atoms with Gasteiger partial charge in [-0.2, -0.15) is 0 Å². The van der Waals surface area contributed by atoms with Gasteiger partial charge in [-0.3, -0.25) is 4.79 Å². The molecule has 16 heavy (non-hydrogen) atoms. The number of rotatable bonds is 1. The zero-order chi connectivity index (χ0) is 11.1. The highest BCUT2D eigenvalue weighted by Gasteiger charge is 2.06. The minimum Gasteiger partial charge on any atom is -0.460 e. The highest BCUT2D eigenvalue weighted by molar-refractivity contribution is 5.57. The number of nitrogens with zero attached hydrogens (tertiary/aromatic N) is 1. The fourth-order valence-electron chi connectivity index (χ4n) is 1.72. The van der Waals surface area contributed by atoms with Crippen molar-refractivity contribution < 1.29 is 4.42 Å². The Morgan fingerprint density at radius 2 is 2.19 bits per heavy atom. The van der Waals surface area contributed by atoms with Gasteiger partial charge in [0.2, 0.25) is 0 Å². The van der Waals surface area contributed by atoms with Crippen LogP contribution in [0.3, 0.4) is 0 Å². The van der Waals surface area contributed by atoms with Crippen molar-refractivity contribution in [2.75, 3.05) is 0 Å². The highest BCUT2D eigenvalue weighted by atomic mass is 16.3. The lowest BCUT2D eigenvalue weighted by atomic mass is 10.3. The third-order valence-electron chi connectivity index (χ3n) is 2.49. The van der Waals surface area contributed by atoms with Crippen LogP contribution in [0.2, 0.25) is 0 Å². The summed E-state index contributed by atoms with van der Waals surface area (Å²) in [4.78, 5) is 14.3. The summed E-state index contributed by atoms with van der Waals surface area (Å²) in [6, 6.07) is 6.89. The van der Waals surface area contributed by atoms with E-state index in [0.717, 1.165) is 22.9 Å². The van der Waals surface area contributed by atoms with Gasteiger partial charge < -0.3 is 13.8 Å². The normalized spacial score (nSPS) is 11.1. The van der Waals surface area contributed by atoms with E-state index in [1.54, 1.807) is 12.3 Å². The van der Waals surface area contributed by atoms with Crippen molar-refractivity contribution >= 4 is 5.65 Å². The number of imidazole rings is 1. The fraction of sp³-hybridized carbons (Fsp3) is 0.0833. The molecule has 80 valence electrons. The maximum Gasteiger partial charge on any atom is 0.183 e. The standard InChI is InChI=1S/C12H10N2O2/c1-8-2-3-11(16-8)10-7-14-5-4-9(15)6-12(14)13-10/h2-7,13H,1H3. The molecule has 3 heterocycles. The van der Waals surface area contributed by atoms with Gasteiger partial charge in [0.05, 0.1) is 5.69 Å². The summed E-state index contributed by atoms with van der Waals surface area (Å²) in [5.74, 6) is 1.64. The van der Waals surface area contributed by atoms with Crippen LogP contribution >= 0.6 is 0 Å². The Bertz CT molecular complexity index is 703. The van der Waals surface area contributed by atoms with Crippen molar-refractivity contribution in [2.45, 2.75) is 6.92 Å². The number of nitrogens with one attached hydrogen (secondary N) is 1. The van der Waals surface area contributed by atoms with Crippen LogP contribution in [0.5, 0.6) is 0 Å². The summed E-state index contributed by atoms with van der Waals surface area (Å²) < 4.78 is 7.36. The van der Waals surface area contributed by atoms with Crippen LogP contribution in [-0.4, -0.2) is 9.38 Å². The minimum absolute atomic E-state index is 0.0102. The highest BCUT2D eigenvalue weighted by Crippen LogP contribution is 2.20. The first-order chi connectivity index (χ1) is 7.72. The van der Waals surface area contributed by atoms with Crippen molar-refractivity contribution in [1.29, 1.82) is 0 Å². The van der Waals surface area contributed by atoms with Gasteiger partial charge in [0.1, 0.15) is 11.4 Å². The van der Waals surface area contributed by atoms with Crippen molar-refractivity contribution in [2.24, 2.45) is 0 Å². The molecule has 0 aliphatic rings.